The molecule has 0 aromatic carbocycles. The standard InChI is InChI=1S/C10H20N2O/c1-11-5-2-6-12-7-9-3-4-10(8-12)13-9/h9-11H,2-8H2,1H3. The Hall–Kier alpha value is -0.120. The lowest BCUT2D eigenvalue weighted by Gasteiger charge is -2.31. The molecule has 0 aromatic rings. The molecule has 2 atom stereocenters. The molecule has 2 fully saturated rings. The zero-order chi connectivity index (χ0) is 9.10. The van der Waals surface area contributed by atoms with E-state index in [4.69, 9.17) is 4.74 Å². The molecule has 2 rings (SSSR count). The van der Waals surface area contributed by atoms with E-state index in [1.807, 2.05) is 7.05 Å². The molecule has 13 heavy (non-hydrogen) atoms. The molecular weight excluding hydrogens is 164 g/mol. The zero-order valence-corrected chi connectivity index (χ0v) is 8.46. The minimum Gasteiger partial charge on any atom is -0.372 e. The molecule has 0 amide bonds. The Morgan fingerprint density at radius 3 is 2.62 bits per heavy atom. The summed E-state index contributed by atoms with van der Waals surface area (Å²) in [6.07, 6.45) is 4.93. The van der Waals surface area contributed by atoms with Crippen LogP contribution in [0.3, 0.4) is 0 Å². The second-order valence-electron chi connectivity index (χ2n) is 4.17. The van der Waals surface area contributed by atoms with Crippen LogP contribution in [0.25, 0.3) is 0 Å². The predicted octanol–water partition coefficient (Wildman–Crippen LogP) is 0.459. The number of rotatable bonds is 4. The molecule has 2 heterocycles. The summed E-state index contributed by atoms with van der Waals surface area (Å²) in [5.41, 5.74) is 0. The smallest absolute Gasteiger partial charge is 0.0707 e. The van der Waals surface area contributed by atoms with E-state index in [1.165, 1.54) is 38.9 Å². The molecule has 2 saturated heterocycles. The molecule has 1 N–H and O–H groups in total. The van der Waals surface area contributed by atoms with Gasteiger partial charge in [0.15, 0.2) is 0 Å². The third-order valence-corrected chi connectivity index (χ3v) is 3.02. The van der Waals surface area contributed by atoms with Crippen molar-refractivity contribution in [2.24, 2.45) is 0 Å². The first-order valence-corrected chi connectivity index (χ1v) is 5.41. The van der Waals surface area contributed by atoms with Gasteiger partial charge in [0.05, 0.1) is 12.2 Å². The monoisotopic (exact) mass is 184 g/mol. The highest BCUT2D eigenvalue weighted by Gasteiger charge is 2.32. The Labute approximate surface area is 80.4 Å². The second-order valence-corrected chi connectivity index (χ2v) is 4.17. The van der Waals surface area contributed by atoms with Gasteiger partial charge in [0.1, 0.15) is 0 Å². The van der Waals surface area contributed by atoms with Crippen LogP contribution < -0.4 is 5.32 Å². The Morgan fingerprint density at radius 1 is 1.31 bits per heavy atom. The maximum atomic E-state index is 5.78. The fraction of sp³-hybridized carbons (Fsp3) is 1.00. The van der Waals surface area contributed by atoms with Crippen molar-refractivity contribution < 1.29 is 4.74 Å². The molecule has 2 aliphatic rings. The van der Waals surface area contributed by atoms with Crippen molar-refractivity contribution in [1.82, 2.24) is 10.2 Å². The number of fused-ring (bicyclic) bond motifs is 2. The highest BCUT2D eigenvalue weighted by molar-refractivity contribution is 4.84. The zero-order valence-electron chi connectivity index (χ0n) is 8.46. The molecule has 0 saturated carbocycles. The number of nitrogens with one attached hydrogen (secondary N) is 1. The van der Waals surface area contributed by atoms with Crippen molar-refractivity contribution in [2.45, 2.75) is 31.5 Å². The van der Waals surface area contributed by atoms with Crippen LogP contribution in [0, 0.1) is 0 Å². The molecule has 0 radical (unpaired) electrons. The van der Waals surface area contributed by atoms with E-state index in [0.29, 0.717) is 12.2 Å². The Bertz CT molecular complexity index is 151. The van der Waals surface area contributed by atoms with E-state index < -0.39 is 0 Å². The van der Waals surface area contributed by atoms with Crippen LogP contribution >= 0.6 is 0 Å². The number of ether oxygens (including phenoxy) is 1. The molecule has 2 aliphatic heterocycles. The summed E-state index contributed by atoms with van der Waals surface area (Å²) in [6, 6.07) is 0. The summed E-state index contributed by atoms with van der Waals surface area (Å²) in [5.74, 6) is 0. The Kier molecular flexibility index (Phi) is 3.19. The summed E-state index contributed by atoms with van der Waals surface area (Å²) < 4.78 is 5.78. The van der Waals surface area contributed by atoms with Gasteiger partial charge in [-0.25, -0.2) is 0 Å². The lowest BCUT2D eigenvalue weighted by molar-refractivity contribution is -0.0383. The topological polar surface area (TPSA) is 24.5 Å². The van der Waals surface area contributed by atoms with Gasteiger partial charge in [-0.3, -0.25) is 4.90 Å². The normalized spacial score (nSPS) is 33.9. The summed E-state index contributed by atoms with van der Waals surface area (Å²) >= 11 is 0. The SMILES string of the molecule is CNCCCN1CC2CCC(C1)O2. The van der Waals surface area contributed by atoms with Gasteiger partial charge < -0.3 is 10.1 Å². The number of nitrogens with zero attached hydrogens (tertiary/aromatic N) is 1. The van der Waals surface area contributed by atoms with Crippen LogP contribution in [0.5, 0.6) is 0 Å². The van der Waals surface area contributed by atoms with Gasteiger partial charge in [-0.2, -0.15) is 0 Å². The largest absolute Gasteiger partial charge is 0.372 e. The van der Waals surface area contributed by atoms with Crippen molar-refractivity contribution in [2.75, 3.05) is 33.2 Å². The fourth-order valence-corrected chi connectivity index (χ4v) is 2.36. The predicted molar refractivity (Wildman–Crippen MR) is 52.9 cm³/mol. The summed E-state index contributed by atoms with van der Waals surface area (Å²) in [5, 5.41) is 3.19. The number of hydrogen-bond donors (Lipinski definition) is 1. The van der Waals surface area contributed by atoms with Crippen molar-refractivity contribution >= 4 is 0 Å². The van der Waals surface area contributed by atoms with Crippen molar-refractivity contribution in [3.05, 3.63) is 0 Å². The molecular formula is C10H20N2O. The maximum absolute atomic E-state index is 5.78. The lowest BCUT2D eigenvalue weighted by Crippen LogP contribution is -2.43. The summed E-state index contributed by atoms with van der Waals surface area (Å²) in [7, 11) is 2.02. The first kappa shape index (κ1) is 9.44. The summed E-state index contributed by atoms with van der Waals surface area (Å²) in [4.78, 5) is 2.56. The van der Waals surface area contributed by atoms with Crippen LogP contribution in [0.1, 0.15) is 19.3 Å². The first-order valence-electron chi connectivity index (χ1n) is 5.41. The molecule has 3 nitrogen and oxygen atoms in total. The van der Waals surface area contributed by atoms with Gasteiger partial charge in [-0.1, -0.05) is 0 Å². The molecule has 2 bridgehead atoms. The van der Waals surface area contributed by atoms with Crippen molar-refractivity contribution in [3.63, 3.8) is 0 Å². The Morgan fingerprint density at radius 2 is 2.00 bits per heavy atom. The van der Waals surface area contributed by atoms with Crippen LogP contribution in [0.15, 0.2) is 0 Å². The summed E-state index contributed by atoms with van der Waals surface area (Å²) in [6.45, 7) is 4.70. The quantitative estimate of drug-likeness (QED) is 0.642. The third-order valence-electron chi connectivity index (χ3n) is 3.02. The molecule has 0 spiro atoms. The van der Waals surface area contributed by atoms with Gasteiger partial charge in [0.25, 0.3) is 0 Å². The van der Waals surface area contributed by atoms with E-state index in [1.54, 1.807) is 0 Å². The Balaban J connectivity index is 1.69. The van der Waals surface area contributed by atoms with Crippen LogP contribution in [0.4, 0.5) is 0 Å². The van der Waals surface area contributed by atoms with Gasteiger partial charge >= 0.3 is 0 Å². The second kappa shape index (κ2) is 4.40. The van der Waals surface area contributed by atoms with E-state index in [9.17, 15) is 0 Å². The third kappa shape index (κ3) is 2.42. The van der Waals surface area contributed by atoms with E-state index in [-0.39, 0.29) is 0 Å². The fourth-order valence-electron chi connectivity index (χ4n) is 2.36. The van der Waals surface area contributed by atoms with Gasteiger partial charge in [0.2, 0.25) is 0 Å². The average molecular weight is 184 g/mol. The maximum Gasteiger partial charge on any atom is 0.0707 e. The van der Waals surface area contributed by atoms with E-state index in [2.05, 4.69) is 10.2 Å². The number of hydrogen-bond acceptors (Lipinski definition) is 3. The van der Waals surface area contributed by atoms with Crippen molar-refractivity contribution in [1.29, 1.82) is 0 Å². The molecule has 2 unspecified atom stereocenters. The van der Waals surface area contributed by atoms with Gasteiger partial charge in [-0.15, -0.1) is 0 Å². The van der Waals surface area contributed by atoms with E-state index >= 15 is 0 Å². The van der Waals surface area contributed by atoms with Crippen LogP contribution in [-0.4, -0.2) is 50.3 Å². The minimum absolute atomic E-state index is 0.549. The van der Waals surface area contributed by atoms with E-state index in [0.717, 1.165) is 6.54 Å². The van der Waals surface area contributed by atoms with Gasteiger partial charge in [0, 0.05) is 13.1 Å². The molecule has 0 aromatic heterocycles. The van der Waals surface area contributed by atoms with Gasteiger partial charge in [-0.05, 0) is 39.4 Å². The molecule has 3 heteroatoms. The molecule has 76 valence electrons. The average Bonchev–Trinajstić information content (AvgIpc) is 2.46. The minimum atomic E-state index is 0.549. The number of likely N-dealkylation sites (tertiary alicyclic amines) is 1. The molecule has 0 aliphatic carbocycles. The van der Waals surface area contributed by atoms with Crippen molar-refractivity contribution in [3.8, 4) is 0 Å². The lowest BCUT2D eigenvalue weighted by atomic mass is 10.2. The van der Waals surface area contributed by atoms with Crippen LogP contribution in [-0.2, 0) is 4.74 Å². The number of morpholine rings is 1. The first-order chi connectivity index (χ1) is 6.38. The highest BCUT2D eigenvalue weighted by Crippen LogP contribution is 2.25. The van der Waals surface area contributed by atoms with Crippen LogP contribution in [0.2, 0.25) is 0 Å². The highest BCUT2D eigenvalue weighted by atomic mass is 16.5.